The van der Waals surface area contributed by atoms with Crippen LogP contribution in [0.3, 0.4) is 0 Å². The van der Waals surface area contributed by atoms with Crippen LogP contribution in [0.15, 0.2) is 54.6 Å². The molecule has 1 fully saturated rings. The molecule has 0 radical (unpaired) electrons. The molecule has 3 nitrogen and oxygen atoms in total. The predicted octanol–water partition coefficient (Wildman–Crippen LogP) is 5.01. The molecule has 3 heteroatoms. The lowest BCUT2D eigenvalue weighted by Crippen LogP contribution is -2.52. The molecule has 2 amide bonds. The van der Waals surface area contributed by atoms with Gasteiger partial charge in [0.05, 0.1) is 5.54 Å². The van der Waals surface area contributed by atoms with Crippen LogP contribution in [0.25, 0.3) is 0 Å². The first-order valence-electron chi connectivity index (χ1n) is 8.34. The van der Waals surface area contributed by atoms with E-state index in [1.807, 2.05) is 36.4 Å². The Morgan fingerprint density at radius 1 is 1.00 bits per heavy atom. The molecular weight excluding hydrogens is 284 g/mol. The number of benzene rings is 2. The Balaban J connectivity index is 1.75. The zero-order chi connectivity index (χ0) is 16.3. The van der Waals surface area contributed by atoms with Crippen LogP contribution >= 0.6 is 0 Å². The number of carbonyl (C=O) groups is 1. The number of rotatable bonds is 4. The molecule has 1 aliphatic carbocycles. The number of hydrogen-bond acceptors (Lipinski definition) is 1. The van der Waals surface area contributed by atoms with Gasteiger partial charge in [-0.15, -0.1) is 0 Å². The van der Waals surface area contributed by atoms with E-state index in [-0.39, 0.29) is 11.6 Å². The Bertz CT molecular complexity index is 675. The van der Waals surface area contributed by atoms with Crippen LogP contribution < -0.4 is 10.6 Å². The van der Waals surface area contributed by atoms with Gasteiger partial charge in [-0.25, -0.2) is 4.79 Å². The summed E-state index contributed by atoms with van der Waals surface area (Å²) in [6, 6.07) is 18.1. The first kappa shape index (κ1) is 15.6. The molecule has 3 rings (SSSR count). The Hall–Kier alpha value is -2.29. The maximum absolute atomic E-state index is 12.5. The van der Waals surface area contributed by atoms with Gasteiger partial charge in [-0.05, 0) is 42.4 Å². The minimum absolute atomic E-state index is 0.123. The van der Waals surface area contributed by atoms with Crippen molar-refractivity contribution in [3.8, 4) is 0 Å². The van der Waals surface area contributed by atoms with Crippen LogP contribution in [0.5, 0.6) is 0 Å². The fraction of sp³-hybridized carbons (Fsp3) is 0.350. The van der Waals surface area contributed by atoms with Crippen molar-refractivity contribution in [1.29, 1.82) is 0 Å². The molecule has 0 heterocycles. The lowest BCUT2D eigenvalue weighted by molar-refractivity contribution is 0.185. The van der Waals surface area contributed by atoms with E-state index in [2.05, 4.69) is 42.7 Å². The number of hydrogen-bond donors (Lipinski definition) is 2. The lowest BCUT2D eigenvalue weighted by Gasteiger charge is -2.43. The standard InChI is InChI=1S/C20H24N2O/c1-15(2)17-11-6-7-12-18(17)21-19(23)22-20(13-8-14-20)16-9-4-3-5-10-16/h3-7,9-12,15H,8,13-14H2,1-2H3,(H2,21,22,23). The van der Waals surface area contributed by atoms with Crippen molar-refractivity contribution in [2.24, 2.45) is 0 Å². The van der Waals surface area contributed by atoms with E-state index < -0.39 is 0 Å². The predicted molar refractivity (Wildman–Crippen MR) is 94.7 cm³/mol. The fourth-order valence-corrected chi connectivity index (χ4v) is 3.26. The fourth-order valence-electron chi connectivity index (χ4n) is 3.26. The van der Waals surface area contributed by atoms with Crippen LogP contribution in [0.4, 0.5) is 10.5 Å². The number of amides is 2. The minimum atomic E-state index is -0.210. The molecule has 2 N–H and O–H groups in total. The molecule has 0 saturated heterocycles. The molecule has 0 bridgehead atoms. The number of para-hydroxylation sites is 1. The van der Waals surface area contributed by atoms with Crippen molar-refractivity contribution in [1.82, 2.24) is 5.32 Å². The van der Waals surface area contributed by atoms with E-state index in [1.165, 1.54) is 5.56 Å². The van der Waals surface area contributed by atoms with Gasteiger partial charge in [-0.3, -0.25) is 0 Å². The van der Waals surface area contributed by atoms with Crippen LogP contribution in [0.2, 0.25) is 0 Å². The van der Waals surface area contributed by atoms with Crippen LogP contribution in [0, 0.1) is 0 Å². The van der Waals surface area contributed by atoms with Crippen LogP contribution in [-0.2, 0) is 5.54 Å². The molecule has 1 aliphatic rings. The number of anilines is 1. The summed E-state index contributed by atoms with van der Waals surface area (Å²) in [5.41, 5.74) is 3.03. The van der Waals surface area contributed by atoms with Gasteiger partial charge in [0, 0.05) is 5.69 Å². The van der Waals surface area contributed by atoms with Gasteiger partial charge < -0.3 is 10.6 Å². The topological polar surface area (TPSA) is 41.1 Å². The van der Waals surface area contributed by atoms with Crippen molar-refractivity contribution in [2.45, 2.75) is 44.6 Å². The van der Waals surface area contributed by atoms with E-state index in [0.717, 1.165) is 30.5 Å². The van der Waals surface area contributed by atoms with E-state index >= 15 is 0 Å². The van der Waals surface area contributed by atoms with Crippen molar-refractivity contribution >= 4 is 11.7 Å². The van der Waals surface area contributed by atoms with Gasteiger partial charge in [-0.2, -0.15) is 0 Å². The first-order chi connectivity index (χ1) is 11.1. The maximum atomic E-state index is 12.5. The summed E-state index contributed by atoms with van der Waals surface area (Å²) in [5, 5.41) is 6.25. The highest BCUT2D eigenvalue weighted by Gasteiger charge is 2.39. The monoisotopic (exact) mass is 308 g/mol. The summed E-state index contributed by atoms with van der Waals surface area (Å²) >= 11 is 0. The highest BCUT2D eigenvalue weighted by Crippen LogP contribution is 2.41. The minimum Gasteiger partial charge on any atom is -0.328 e. The van der Waals surface area contributed by atoms with E-state index in [4.69, 9.17) is 0 Å². The number of urea groups is 1. The molecule has 2 aromatic rings. The summed E-state index contributed by atoms with van der Waals surface area (Å²) in [6.45, 7) is 4.27. The van der Waals surface area contributed by atoms with Gasteiger partial charge in [0.15, 0.2) is 0 Å². The third-order valence-corrected chi connectivity index (χ3v) is 4.72. The molecule has 2 aromatic carbocycles. The van der Waals surface area contributed by atoms with Crippen LogP contribution in [0.1, 0.15) is 50.2 Å². The highest BCUT2D eigenvalue weighted by molar-refractivity contribution is 5.91. The summed E-state index contributed by atoms with van der Waals surface area (Å²) in [7, 11) is 0. The lowest BCUT2D eigenvalue weighted by atomic mass is 9.72. The average molecular weight is 308 g/mol. The van der Waals surface area contributed by atoms with Gasteiger partial charge in [0.25, 0.3) is 0 Å². The highest BCUT2D eigenvalue weighted by atomic mass is 16.2. The van der Waals surface area contributed by atoms with Crippen molar-refractivity contribution in [3.05, 3.63) is 65.7 Å². The zero-order valence-corrected chi connectivity index (χ0v) is 13.8. The molecule has 0 aromatic heterocycles. The Labute approximate surface area is 138 Å². The average Bonchev–Trinajstić information content (AvgIpc) is 2.52. The molecule has 120 valence electrons. The summed E-state index contributed by atoms with van der Waals surface area (Å²) in [6.07, 6.45) is 3.14. The summed E-state index contributed by atoms with van der Waals surface area (Å²) < 4.78 is 0. The van der Waals surface area contributed by atoms with E-state index in [1.54, 1.807) is 0 Å². The molecule has 0 atom stereocenters. The molecule has 23 heavy (non-hydrogen) atoms. The second-order valence-corrected chi connectivity index (χ2v) is 6.62. The molecule has 1 saturated carbocycles. The SMILES string of the molecule is CC(C)c1ccccc1NC(=O)NC1(c2ccccc2)CCC1. The third kappa shape index (κ3) is 3.24. The normalized spacial score (nSPS) is 15.8. The van der Waals surface area contributed by atoms with Crippen LogP contribution in [-0.4, -0.2) is 6.03 Å². The Kier molecular flexibility index (Phi) is 4.37. The third-order valence-electron chi connectivity index (χ3n) is 4.72. The molecule has 0 unspecified atom stereocenters. The van der Waals surface area contributed by atoms with Crippen molar-refractivity contribution in [3.63, 3.8) is 0 Å². The maximum Gasteiger partial charge on any atom is 0.319 e. The first-order valence-corrected chi connectivity index (χ1v) is 8.34. The van der Waals surface area contributed by atoms with Crippen molar-refractivity contribution < 1.29 is 4.79 Å². The number of nitrogens with one attached hydrogen (secondary N) is 2. The van der Waals surface area contributed by atoms with E-state index in [0.29, 0.717) is 5.92 Å². The summed E-state index contributed by atoms with van der Waals surface area (Å²) in [4.78, 5) is 12.5. The quantitative estimate of drug-likeness (QED) is 0.819. The second kappa shape index (κ2) is 6.45. The van der Waals surface area contributed by atoms with E-state index in [9.17, 15) is 4.79 Å². The van der Waals surface area contributed by atoms with Crippen molar-refractivity contribution in [2.75, 3.05) is 5.32 Å². The smallest absolute Gasteiger partial charge is 0.319 e. The van der Waals surface area contributed by atoms with Gasteiger partial charge in [-0.1, -0.05) is 62.4 Å². The second-order valence-electron chi connectivity index (χ2n) is 6.62. The summed E-state index contributed by atoms with van der Waals surface area (Å²) in [5.74, 6) is 0.373. The van der Waals surface area contributed by atoms with Gasteiger partial charge in [0.1, 0.15) is 0 Å². The Morgan fingerprint density at radius 3 is 2.26 bits per heavy atom. The number of carbonyl (C=O) groups excluding carboxylic acids is 1. The molecular formula is C20H24N2O. The zero-order valence-electron chi connectivity index (χ0n) is 13.8. The van der Waals surface area contributed by atoms with Gasteiger partial charge in [0.2, 0.25) is 0 Å². The Morgan fingerprint density at radius 2 is 1.65 bits per heavy atom. The molecule has 0 aliphatic heterocycles. The largest absolute Gasteiger partial charge is 0.328 e. The van der Waals surface area contributed by atoms with Gasteiger partial charge >= 0.3 is 6.03 Å². The molecule has 0 spiro atoms.